The standard InChI is InChI=1S/C16H15ClN4OS/c1-9-4-3-5-12(6-9)19-15(22)10(2)23-16-20-13-7-11(17)8-18-14(13)21-16/h3-8,10H,1-2H3,(H,19,22)(H,18,20,21)/t10-/m0/s1. The summed E-state index contributed by atoms with van der Waals surface area (Å²) in [6.07, 6.45) is 1.55. The number of hydrogen-bond acceptors (Lipinski definition) is 4. The summed E-state index contributed by atoms with van der Waals surface area (Å²) in [5, 5.41) is 3.79. The molecule has 0 aliphatic carbocycles. The average Bonchev–Trinajstić information content (AvgIpc) is 2.88. The molecule has 0 fully saturated rings. The Labute approximate surface area is 142 Å². The highest BCUT2D eigenvalue weighted by Gasteiger charge is 2.17. The van der Waals surface area contributed by atoms with Crippen LogP contribution in [0.15, 0.2) is 41.7 Å². The molecule has 0 aliphatic heterocycles. The number of halogens is 1. The van der Waals surface area contributed by atoms with Gasteiger partial charge in [-0.05, 0) is 37.6 Å². The number of carbonyl (C=O) groups is 1. The third-order valence-electron chi connectivity index (χ3n) is 3.23. The van der Waals surface area contributed by atoms with Crippen LogP contribution in [0, 0.1) is 6.92 Å². The van der Waals surface area contributed by atoms with Gasteiger partial charge in [-0.1, -0.05) is 35.5 Å². The van der Waals surface area contributed by atoms with E-state index in [0.717, 1.165) is 16.8 Å². The van der Waals surface area contributed by atoms with Gasteiger partial charge in [-0.3, -0.25) is 4.79 Å². The molecule has 0 saturated carbocycles. The van der Waals surface area contributed by atoms with Crippen molar-refractivity contribution in [1.82, 2.24) is 15.0 Å². The number of benzene rings is 1. The number of H-pyrrole nitrogens is 1. The molecule has 118 valence electrons. The SMILES string of the molecule is Cc1cccc(NC(=O)[C@H](C)Sc2nc3ncc(Cl)cc3[nH]2)c1. The number of aryl methyl sites for hydroxylation is 1. The van der Waals surface area contributed by atoms with Crippen molar-refractivity contribution in [1.29, 1.82) is 0 Å². The van der Waals surface area contributed by atoms with E-state index in [-0.39, 0.29) is 11.2 Å². The van der Waals surface area contributed by atoms with Crippen LogP contribution in [0.5, 0.6) is 0 Å². The van der Waals surface area contributed by atoms with Crippen molar-refractivity contribution in [2.24, 2.45) is 0 Å². The summed E-state index contributed by atoms with van der Waals surface area (Å²) in [5.74, 6) is -0.0768. The number of hydrogen-bond donors (Lipinski definition) is 2. The first kappa shape index (κ1) is 15.8. The smallest absolute Gasteiger partial charge is 0.237 e. The van der Waals surface area contributed by atoms with Gasteiger partial charge in [0.05, 0.1) is 15.8 Å². The maximum absolute atomic E-state index is 12.3. The number of nitrogens with zero attached hydrogens (tertiary/aromatic N) is 2. The highest BCUT2D eigenvalue weighted by molar-refractivity contribution is 8.00. The second kappa shape index (κ2) is 6.60. The lowest BCUT2D eigenvalue weighted by Gasteiger charge is -2.10. The van der Waals surface area contributed by atoms with Crippen LogP contribution < -0.4 is 5.32 Å². The van der Waals surface area contributed by atoms with E-state index >= 15 is 0 Å². The fraction of sp³-hybridized carbons (Fsp3) is 0.188. The molecule has 1 atom stereocenters. The number of pyridine rings is 1. The van der Waals surface area contributed by atoms with E-state index < -0.39 is 0 Å². The van der Waals surface area contributed by atoms with E-state index in [2.05, 4.69) is 20.3 Å². The minimum atomic E-state index is -0.299. The van der Waals surface area contributed by atoms with Crippen LogP contribution in [0.2, 0.25) is 5.02 Å². The Morgan fingerprint density at radius 3 is 3.00 bits per heavy atom. The monoisotopic (exact) mass is 346 g/mol. The maximum Gasteiger partial charge on any atom is 0.237 e. The van der Waals surface area contributed by atoms with Crippen LogP contribution in [0.25, 0.3) is 11.2 Å². The third kappa shape index (κ3) is 3.83. The van der Waals surface area contributed by atoms with Gasteiger partial charge in [-0.25, -0.2) is 9.97 Å². The molecule has 0 aliphatic rings. The first-order valence-corrected chi connectivity index (χ1v) is 8.32. The quantitative estimate of drug-likeness (QED) is 0.699. The number of fused-ring (bicyclic) bond motifs is 1. The summed E-state index contributed by atoms with van der Waals surface area (Å²) in [4.78, 5) is 23.9. The van der Waals surface area contributed by atoms with Crippen LogP contribution in [-0.4, -0.2) is 26.1 Å². The van der Waals surface area contributed by atoms with Gasteiger partial charge in [-0.2, -0.15) is 0 Å². The first-order chi connectivity index (χ1) is 11.0. The van der Waals surface area contributed by atoms with E-state index in [0.29, 0.717) is 15.8 Å². The van der Waals surface area contributed by atoms with Crippen molar-refractivity contribution in [3.8, 4) is 0 Å². The summed E-state index contributed by atoms with van der Waals surface area (Å²) in [7, 11) is 0. The molecule has 0 unspecified atom stereocenters. The number of imidazole rings is 1. The van der Waals surface area contributed by atoms with Crippen LogP contribution in [0.3, 0.4) is 0 Å². The Kier molecular flexibility index (Phi) is 4.54. The third-order valence-corrected chi connectivity index (χ3v) is 4.42. The van der Waals surface area contributed by atoms with E-state index in [1.54, 1.807) is 12.3 Å². The summed E-state index contributed by atoms with van der Waals surface area (Å²) >= 11 is 7.25. The number of anilines is 1. The molecule has 3 aromatic rings. The van der Waals surface area contributed by atoms with Crippen LogP contribution >= 0.6 is 23.4 Å². The van der Waals surface area contributed by atoms with Gasteiger partial charge in [-0.15, -0.1) is 0 Å². The lowest BCUT2D eigenvalue weighted by molar-refractivity contribution is -0.115. The summed E-state index contributed by atoms with van der Waals surface area (Å²) in [6, 6.07) is 9.47. The zero-order chi connectivity index (χ0) is 16.4. The lowest BCUT2D eigenvalue weighted by Crippen LogP contribution is -2.22. The number of carbonyl (C=O) groups excluding carboxylic acids is 1. The number of rotatable bonds is 4. The molecule has 0 radical (unpaired) electrons. The molecule has 3 rings (SSSR count). The van der Waals surface area contributed by atoms with Crippen LogP contribution in [0.4, 0.5) is 5.69 Å². The largest absolute Gasteiger partial charge is 0.331 e. The molecule has 0 bridgehead atoms. The Balaban J connectivity index is 1.69. The summed E-state index contributed by atoms with van der Waals surface area (Å²) in [5.41, 5.74) is 3.23. The van der Waals surface area contributed by atoms with Gasteiger partial charge in [0.25, 0.3) is 0 Å². The Bertz CT molecular complexity index is 864. The maximum atomic E-state index is 12.3. The molecule has 2 aromatic heterocycles. The van der Waals surface area contributed by atoms with Crippen molar-refractivity contribution in [3.63, 3.8) is 0 Å². The van der Waals surface area contributed by atoms with E-state index in [9.17, 15) is 4.79 Å². The molecule has 1 aromatic carbocycles. The van der Waals surface area contributed by atoms with Gasteiger partial charge >= 0.3 is 0 Å². The van der Waals surface area contributed by atoms with Crippen molar-refractivity contribution >= 4 is 46.1 Å². The highest BCUT2D eigenvalue weighted by atomic mass is 35.5. The molecule has 7 heteroatoms. The van der Waals surface area contributed by atoms with Crippen molar-refractivity contribution in [2.45, 2.75) is 24.3 Å². The van der Waals surface area contributed by atoms with Crippen molar-refractivity contribution < 1.29 is 4.79 Å². The van der Waals surface area contributed by atoms with Gasteiger partial charge < -0.3 is 10.3 Å². The van der Waals surface area contributed by atoms with Gasteiger partial charge in [0.2, 0.25) is 5.91 Å². The van der Waals surface area contributed by atoms with Gasteiger partial charge in [0.15, 0.2) is 10.8 Å². The zero-order valence-corrected chi connectivity index (χ0v) is 14.2. The number of amides is 1. The molecule has 0 saturated heterocycles. The number of aromatic amines is 1. The number of nitrogens with one attached hydrogen (secondary N) is 2. The Morgan fingerprint density at radius 1 is 1.39 bits per heavy atom. The lowest BCUT2D eigenvalue weighted by atomic mass is 10.2. The van der Waals surface area contributed by atoms with E-state index in [1.807, 2.05) is 38.1 Å². The molecule has 5 nitrogen and oxygen atoms in total. The predicted molar refractivity (Wildman–Crippen MR) is 94.0 cm³/mol. The molecule has 1 amide bonds. The molecular formula is C16H15ClN4OS. The minimum absolute atomic E-state index is 0.0768. The average molecular weight is 347 g/mol. The molecule has 2 heterocycles. The summed E-state index contributed by atoms with van der Waals surface area (Å²) < 4.78 is 0. The molecule has 0 spiro atoms. The Hall–Kier alpha value is -2.05. The van der Waals surface area contributed by atoms with Crippen molar-refractivity contribution in [2.75, 3.05) is 5.32 Å². The Morgan fingerprint density at radius 2 is 2.22 bits per heavy atom. The second-order valence-corrected chi connectivity index (χ2v) is 6.95. The molecule has 23 heavy (non-hydrogen) atoms. The number of aromatic nitrogens is 3. The fourth-order valence-electron chi connectivity index (χ4n) is 2.10. The number of thioether (sulfide) groups is 1. The topological polar surface area (TPSA) is 70.7 Å². The van der Waals surface area contributed by atoms with E-state index in [4.69, 9.17) is 11.6 Å². The van der Waals surface area contributed by atoms with Crippen molar-refractivity contribution in [3.05, 3.63) is 47.1 Å². The second-order valence-electron chi connectivity index (χ2n) is 5.19. The van der Waals surface area contributed by atoms with Gasteiger partial charge in [0.1, 0.15) is 0 Å². The normalized spacial score (nSPS) is 12.3. The van der Waals surface area contributed by atoms with Crippen LogP contribution in [0.1, 0.15) is 12.5 Å². The first-order valence-electron chi connectivity index (χ1n) is 7.07. The predicted octanol–water partition coefficient (Wildman–Crippen LogP) is 4.04. The molecular weight excluding hydrogens is 332 g/mol. The molecule has 2 N–H and O–H groups in total. The van der Waals surface area contributed by atoms with Gasteiger partial charge in [0, 0.05) is 11.9 Å². The highest BCUT2D eigenvalue weighted by Crippen LogP contribution is 2.24. The fourth-order valence-corrected chi connectivity index (χ4v) is 3.06. The minimum Gasteiger partial charge on any atom is -0.331 e. The summed E-state index contributed by atoms with van der Waals surface area (Å²) in [6.45, 7) is 3.82. The zero-order valence-electron chi connectivity index (χ0n) is 12.6. The van der Waals surface area contributed by atoms with Crippen LogP contribution in [-0.2, 0) is 4.79 Å². The van der Waals surface area contributed by atoms with E-state index in [1.165, 1.54) is 11.8 Å².